The lowest BCUT2D eigenvalue weighted by Gasteiger charge is -2.39. The second-order valence-electron chi connectivity index (χ2n) is 7.63. The van der Waals surface area contributed by atoms with Crippen LogP contribution in [0.15, 0.2) is 40.9 Å². The van der Waals surface area contributed by atoms with Crippen LogP contribution < -0.4 is 0 Å². The number of piperidine rings is 1. The first-order valence-electron chi connectivity index (χ1n) is 9.77. The summed E-state index contributed by atoms with van der Waals surface area (Å²) >= 11 is 0. The Labute approximate surface area is 159 Å². The number of amides is 1. The summed E-state index contributed by atoms with van der Waals surface area (Å²) in [6.07, 6.45) is 4.07. The second-order valence-corrected chi connectivity index (χ2v) is 7.63. The van der Waals surface area contributed by atoms with Crippen LogP contribution in [-0.4, -0.2) is 52.5 Å². The average Bonchev–Trinajstić information content (AvgIpc) is 3.17. The van der Waals surface area contributed by atoms with E-state index in [1.165, 1.54) is 0 Å². The van der Waals surface area contributed by atoms with Crippen LogP contribution >= 0.6 is 0 Å². The maximum Gasteiger partial charge on any atom is 0.251 e. The molecular weight excluding hydrogens is 344 g/mol. The Morgan fingerprint density at radius 2 is 2.00 bits per heavy atom. The fourth-order valence-electron chi connectivity index (χ4n) is 3.92. The van der Waals surface area contributed by atoms with E-state index in [0.717, 1.165) is 30.5 Å². The summed E-state index contributed by atoms with van der Waals surface area (Å²) in [5.74, 6) is 0.745. The minimum atomic E-state index is -0.863. The highest BCUT2D eigenvalue weighted by molar-refractivity contribution is 5.81. The van der Waals surface area contributed by atoms with E-state index in [1.54, 1.807) is 0 Å². The third-order valence-electron chi connectivity index (χ3n) is 5.59. The highest BCUT2D eigenvalue weighted by Gasteiger charge is 2.37. The molecule has 0 unspecified atom stereocenters. The first-order valence-corrected chi connectivity index (χ1v) is 9.77. The highest BCUT2D eigenvalue weighted by atomic mass is 16.5. The van der Waals surface area contributed by atoms with Gasteiger partial charge in [0.1, 0.15) is 17.6 Å². The number of carbonyl (C=O) groups is 1. The molecule has 27 heavy (non-hydrogen) atoms. The van der Waals surface area contributed by atoms with Crippen LogP contribution in [0, 0.1) is 0 Å². The van der Waals surface area contributed by atoms with Crippen molar-refractivity contribution in [2.24, 2.45) is 0 Å². The van der Waals surface area contributed by atoms with Crippen molar-refractivity contribution in [2.75, 3.05) is 19.7 Å². The molecule has 0 spiro atoms. The molecule has 1 N–H and O–H groups in total. The number of rotatable bonds is 4. The molecule has 2 saturated heterocycles. The summed E-state index contributed by atoms with van der Waals surface area (Å²) in [5, 5.41) is 15.1. The van der Waals surface area contributed by atoms with E-state index in [1.807, 2.05) is 41.3 Å². The fourth-order valence-corrected chi connectivity index (χ4v) is 3.92. The number of likely N-dealkylation sites (tertiary alicyclic amines) is 1. The molecule has 6 heteroatoms. The van der Waals surface area contributed by atoms with Gasteiger partial charge in [-0.2, -0.15) is 0 Å². The molecule has 1 atom stereocenters. The second kappa shape index (κ2) is 7.82. The van der Waals surface area contributed by atoms with Gasteiger partial charge in [-0.15, -0.1) is 0 Å². The Bertz CT molecular complexity index is 759. The summed E-state index contributed by atoms with van der Waals surface area (Å²) in [6, 6.07) is 11.7. The standard InChI is InChI=1S/C21H26N2O4/c24-20(19-8-4-5-13-26-19)23-11-9-21(25,10-12-23)15-17-14-18(22-27-17)16-6-2-1-3-7-16/h1-3,6-7,14,19,25H,4-5,8-13,15H2/t19-/m1/s1. The van der Waals surface area contributed by atoms with Gasteiger partial charge in [-0.25, -0.2) is 0 Å². The van der Waals surface area contributed by atoms with Gasteiger partial charge in [0.25, 0.3) is 5.91 Å². The molecular formula is C21H26N2O4. The van der Waals surface area contributed by atoms with Crippen LogP contribution in [0.3, 0.4) is 0 Å². The number of nitrogens with zero attached hydrogens (tertiary/aromatic N) is 2. The topological polar surface area (TPSA) is 75.8 Å². The van der Waals surface area contributed by atoms with Crippen LogP contribution in [0.5, 0.6) is 0 Å². The summed E-state index contributed by atoms with van der Waals surface area (Å²) in [6.45, 7) is 1.77. The van der Waals surface area contributed by atoms with Crippen LogP contribution in [-0.2, 0) is 16.0 Å². The van der Waals surface area contributed by atoms with Gasteiger partial charge in [0.2, 0.25) is 0 Å². The summed E-state index contributed by atoms with van der Waals surface area (Å²) in [5.41, 5.74) is 0.904. The van der Waals surface area contributed by atoms with E-state index in [0.29, 0.717) is 44.7 Å². The number of aliphatic hydroxyl groups is 1. The lowest BCUT2D eigenvalue weighted by Crippen LogP contribution is -2.51. The molecule has 4 rings (SSSR count). The molecule has 0 radical (unpaired) electrons. The monoisotopic (exact) mass is 370 g/mol. The van der Waals surface area contributed by atoms with E-state index in [9.17, 15) is 9.90 Å². The van der Waals surface area contributed by atoms with E-state index in [4.69, 9.17) is 9.26 Å². The lowest BCUT2D eigenvalue weighted by atomic mass is 9.87. The molecule has 1 aromatic heterocycles. The molecule has 2 aliphatic rings. The van der Waals surface area contributed by atoms with Gasteiger partial charge in [-0.1, -0.05) is 35.5 Å². The third-order valence-corrected chi connectivity index (χ3v) is 5.59. The quantitative estimate of drug-likeness (QED) is 0.896. The molecule has 1 amide bonds. The lowest BCUT2D eigenvalue weighted by molar-refractivity contribution is -0.150. The van der Waals surface area contributed by atoms with Crippen molar-refractivity contribution in [2.45, 2.75) is 50.2 Å². The average molecular weight is 370 g/mol. The minimum Gasteiger partial charge on any atom is -0.389 e. The Hall–Kier alpha value is -2.18. The highest BCUT2D eigenvalue weighted by Crippen LogP contribution is 2.29. The molecule has 2 aliphatic heterocycles. The largest absolute Gasteiger partial charge is 0.389 e. The SMILES string of the molecule is O=C([C@H]1CCCCO1)N1CCC(O)(Cc2cc(-c3ccccc3)no2)CC1. The third kappa shape index (κ3) is 4.22. The van der Waals surface area contributed by atoms with Gasteiger partial charge in [0.05, 0.1) is 5.60 Å². The number of benzene rings is 1. The minimum absolute atomic E-state index is 0.0720. The van der Waals surface area contributed by atoms with Crippen LogP contribution in [0.1, 0.15) is 37.9 Å². The summed E-state index contributed by atoms with van der Waals surface area (Å²) in [7, 11) is 0. The molecule has 2 aromatic rings. The zero-order valence-corrected chi connectivity index (χ0v) is 15.5. The van der Waals surface area contributed by atoms with Crippen molar-refractivity contribution < 1.29 is 19.2 Å². The van der Waals surface area contributed by atoms with Crippen LogP contribution in [0.25, 0.3) is 11.3 Å². The van der Waals surface area contributed by atoms with Crippen LogP contribution in [0.4, 0.5) is 0 Å². The van der Waals surface area contributed by atoms with Crippen molar-refractivity contribution in [3.63, 3.8) is 0 Å². The van der Waals surface area contributed by atoms with Gasteiger partial charge < -0.3 is 19.3 Å². The molecule has 0 aliphatic carbocycles. The molecule has 0 saturated carbocycles. The zero-order valence-electron chi connectivity index (χ0n) is 15.5. The Morgan fingerprint density at radius 1 is 1.22 bits per heavy atom. The predicted octanol–water partition coefficient (Wildman–Crippen LogP) is 2.81. The molecule has 3 heterocycles. The van der Waals surface area contributed by atoms with Crippen molar-refractivity contribution in [1.29, 1.82) is 0 Å². The zero-order chi connectivity index (χ0) is 18.7. The first kappa shape index (κ1) is 18.2. The normalized spacial score (nSPS) is 22.6. The number of carbonyl (C=O) groups excluding carboxylic acids is 1. The van der Waals surface area contributed by atoms with Gasteiger partial charge >= 0.3 is 0 Å². The van der Waals surface area contributed by atoms with Gasteiger partial charge in [-0.05, 0) is 32.1 Å². The summed E-state index contributed by atoms with van der Waals surface area (Å²) < 4.78 is 11.1. The summed E-state index contributed by atoms with van der Waals surface area (Å²) in [4.78, 5) is 14.4. The molecule has 6 nitrogen and oxygen atoms in total. The smallest absolute Gasteiger partial charge is 0.251 e. The molecule has 1 aromatic carbocycles. The first-order chi connectivity index (χ1) is 13.1. The Balaban J connectivity index is 1.34. The Kier molecular flexibility index (Phi) is 5.27. The maximum absolute atomic E-state index is 12.6. The van der Waals surface area contributed by atoms with Crippen LogP contribution in [0.2, 0.25) is 0 Å². The predicted molar refractivity (Wildman–Crippen MR) is 100.0 cm³/mol. The van der Waals surface area contributed by atoms with E-state index in [2.05, 4.69) is 5.16 Å². The Morgan fingerprint density at radius 3 is 2.70 bits per heavy atom. The van der Waals surface area contributed by atoms with E-state index in [-0.39, 0.29) is 12.0 Å². The number of hydrogen-bond acceptors (Lipinski definition) is 5. The van der Waals surface area contributed by atoms with Gasteiger partial charge in [-0.3, -0.25) is 4.79 Å². The molecule has 0 bridgehead atoms. The van der Waals surface area contributed by atoms with E-state index >= 15 is 0 Å². The van der Waals surface area contributed by atoms with E-state index < -0.39 is 5.60 Å². The molecule has 144 valence electrons. The number of aromatic nitrogens is 1. The van der Waals surface area contributed by atoms with Gasteiger partial charge in [0, 0.05) is 37.7 Å². The maximum atomic E-state index is 12.6. The fraction of sp³-hybridized carbons (Fsp3) is 0.524. The van der Waals surface area contributed by atoms with Crippen molar-refractivity contribution >= 4 is 5.91 Å². The molecule has 2 fully saturated rings. The van der Waals surface area contributed by atoms with Gasteiger partial charge in [0.15, 0.2) is 0 Å². The van der Waals surface area contributed by atoms with Crippen molar-refractivity contribution in [1.82, 2.24) is 10.1 Å². The van der Waals surface area contributed by atoms with Crippen molar-refractivity contribution in [3.8, 4) is 11.3 Å². The number of ether oxygens (including phenoxy) is 1. The van der Waals surface area contributed by atoms with Crippen molar-refractivity contribution in [3.05, 3.63) is 42.2 Å². The number of hydrogen-bond donors (Lipinski definition) is 1.